The van der Waals surface area contributed by atoms with Crippen molar-refractivity contribution in [2.24, 2.45) is 0 Å². The minimum Gasteiger partial charge on any atom is -0.497 e. The fourth-order valence-electron chi connectivity index (χ4n) is 2.67. The number of nitrogens with zero attached hydrogens (tertiary/aromatic N) is 3. The van der Waals surface area contributed by atoms with Crippen LogP contribution in [0.15, 0.2) is 47.3 Å². The molecule has 0 atom stereocenters. The van der Waals surface area contributed by atoms with Crippen molar-refractivity contribution < 1.29 is 9.13 Å². The zero-order valence-electron chi connectivity index (χ0n) is 13.3. The largest absolute Gasteiger partial charge is 0.497 e. The lowest BCUT2D eigenvalue weighted by Crippen LogP contribution is -2.12. The molecule has 0 radical (unpaired) electrons. The SMILES string of the molecule is COc1ccc(CNc2nc3ccc(F)cc3n3c(=O)[nH]nc23)cc1. The molecule has 0 aliphatic heterocycles. The number of anilines is 1. The Balaban J connectivity index is 1.75. The number of benzene rings is 2. The van der Waals surface area contributed by atoms with E-state index in [-0.39, 0.29) is 0 Å². The third-order valence-corrected chi connectivity index (χ3v) is 3.91. The van der Waals surface area contributed by atoms with Gasteiger partial charge in [0.05, 0.1) is 18.1 Å². The number of hydrogen-bond donors (Lipinski definition) is 2. The van der Waals surface area contributed by atoms with Gasteiger partial charge in [-0.1, -0.05) is 12.1 Å². The van der Waals surface area contributed by atoms with Gasteiger partial charge in [0, 0.05) is 12.6 Å². The van der Waals surface area contributed by atoms with Gasteiger partial charge in [-0.25, -0.2) is 23.7 Å². The van der Waals surface area contributed by atoms with Gasteiger partial charge in [0.2, 0.25) is 5.65 Å². The molecule has 0 saturated carbocycles. The van der Waals surface area contributed by atoms with Crippen molar-refractivity contribution in [3.8, 4) is 5.75 Å². The van der Waals surface area contributed by atoms with Gasteiger partial charge in [0.25, 0.3) is 0 Å². The van der Waals surface area contributed by atoms with Crippen LogP contribution < -0.4 is 15.7 Å². The van der Waals surface area contributed by atoms with E-state index in [2.05, 4.69) is 20.5 Å². The van der Waals surface area contributed by atoms with Crippen LogP contribution in [-0.2, 0) is 6.54 Å². The predicted octanol–water partition coefficient (Wildman–Crippen LogP) is 2.33. The summed E-state index contributed by atoms with van der Waals surface area (Å²) in [5.41, 5.74) is 1.74. The summed E-state index contributed by atoms with van der Waals surface area (Å²) in [7, 11) is 1.61. The van der Waals surface area contributed by atoms with Crippen LogP contribution in [-0.4, -0.2) is 26.7 Å². The second-order valence-corrected chi connectivity index (χ2v) is 5.48. The van der Waals surface area contributed by atoms with E-state index in [0.29, 0.717) is 29.0 Å². The number of nitrogens with one attached hydrogen (secondary N) is 2. The van der Waals surface area contributed by atoms with E-state index >= 15 is 0 Å². The van der Waals surface area contributed by atoms with Crippen molar-refractivity contribution in [1.82, 2.24) is 19.6 Å². The summed E-state index contributed by atoms with van der Waals surface area (Å²) in [6.45, 7) is 0.487. The first-order valence-electron chi connectivity index (χ1n) is 7.59. The van der Waals surface area contributed by atoms with Crippen LogP contribution in [0, 0.1) is 5.82 Å². The maximum absolute atomic E-state index is 13.5. The van der Waals surface area contributed by atoms with Crippen LogP contribution in [0.3, 0.4) is 0 Å². The Labute approximate surface area is 141 Å². The summed E-state index contributed by atoms with van der Waals surface area (Å²) in [5.74, 6) is 0.770. The molecule has 4 aromatic rings. The molecule has 0 amide bonds. The number of methoxy groups -OCH3 is 1. The summed E-state index contributed by atoms with van der Waals surface area (Å²) < 4.78 is 20.0. The number of ether oxygens (including phenoxy) is 1. The van der Waals surface area contributed by atoms with E-state index in [1.165, 1.54) is 22.6 Å². The van der Waals surface area contributed by atoms with Crippen LogP contribution in [0.25, 0.3) is 16.7 Å². The summed E-state index contributed by atoms with van der Waals surface area (Å²) in [5, 5.41) is 9.55. The van der Waals surface area contributed by atoms with Crippen LogP contribution in [0.1, 0.15) is 5.56 Å². The van der Waals surface area contributed by atoms with Crippen molar-refractivity contribution in [2.45, 2.75) is 6.54 Å². The summed E-state index contributed by atoms with van der Waals surface area (Å²) in [6.07, 6.45) is 0. The molecule has 8 heteroatoms. The summed E-state index contributed by atoms with van der Waals surface area (Å²) >= 11 is 0. The highest BCUT2D eigenvalue weighted by molar-refractivity contribution is 5.82. The molecule has 7 nitrogen and oxygen atoms in total. The van der Waals surface area contributed by atoms with E-state index in [9.17, 15) is 9.18 Å². The zero-order chi connectivity index (χ0) is 17.4. The molecule has 0 fully saturated rings. The van der Waals surface area contributed by atoms with Crippen molar-refractivity contribution >= 4 is 22.5 Å². The highest BCUT2D eigenvalue weighted by Crippen LogP contribution is 2.20. The highest BCUT2D eigenvalue weighted by atomic mass is 19.1. The van der Waals surface area contributed by atoms with Gasteiger partial charge in [-0.2, -0.15) is 0 Å². The number of halogens is 1. The van der Waals surface area contributed by atoms with Gasteiger partial charge in [-0.15, -0.1) is 5.10 Å². The molecular formula is C17H14FN5O2. The Morgan fingerprint density at radius 3 is 2.80 bits per heavy atom. The summed E-state index contributed by atoms with van der Waals surface area (Å²) in [6, 6.07) is 11.7. The monoisotopic (exact) mass is 339 g/mol. The standard InChI is InChI=1S/C17H14FN5O2/c1-25-12-5-2-10(3-6-12)9-19-15-16-21-22-17(24)23(16)14-8-11(18)4-7-13(14)20-15/h2-8H,9H2,1H3,(H,19,20)(H,22,24). The lowest BCUT2D eigenvalue weighted by atomic mass is 10.2. The Hall–Kier alpha value is -3.42. The number of H-pyrrole nitrogens is 1. The molecule has 2 heterocycles. The molecule has 126 valence electrons. The second-order valence-electron chi connectivity index (χ2n) is 5.48. The molecule has 2 aromatic carbocycles. The van der Waals surface area contributed by atoms with Gasteiger partial charge < -0.3 is 10.1 Å². The molecule has 2 N–H and O–H groups in total. The van der Waals surface area contributed by atoms with Crippen molar-refractivity contribution in [3.05, 3.63) is 64.3 Å². The smallest absolute Gasteiger partial charge is 0.348 e. The Morgan fingerprint density at radius 1 is 1.24 bits per heavy atom. The van der Waals surface area contributed by atoms with Crippen LogP contribution in [0.5, 0.6) is 5.75 Å². The lowest BCUT2D eigenvalue weighted by molar-refractivity contribution is 0.414. The van der Waals surface area contributed by atoms with Crippen molar-refractivity contribution in [2.75, 3.05) is 12.4 Å². The Morgan fingerprint density at radius 2 is 2.04 bits per heavy atom. The van der Waals surface area contributed by atoms with Gasteiger partial charge >= 0.3 is 5.69 Å². The van der Waals surface area contributed by atoms with Crippen molar-refractivity contribution in [3.63, 3.8) is 0 Å². The first kappa shape index (κ1) is 15.1. The molecule has 2 aromatic heterocycles. The van der Waals surface area contributed by atoms with Crippen LogP contribution >= 0.6 is 0 Å². The highest BCUT2D eigenvalue weighted by Gasteiger charge is 2.13. The number of hydrogen-bond acceptors (Lipinski definition) is 5. The van der Waals surface area contributed by atoms with Gasteiger partial charge in [-0.3, -0.25) is 0 Å². The van der Waals surface area contributed by atoms with Crippen molar-refractivity contribution in [1.29, 1.82) is 0 Å². The Bertz CT molecular complexity index is 1120. The average Bonchev–Trinajstić information content (AvgIpc) is 3.03. The molecule has 0 saturated heterocycles. The molecule has 0 unspecified atom stereocenters. The molecule has 0 spiro atoms. The topological polar surface area (TPSA) is 84.3 Å². The lowest BCUT2D eigenvalue weighted by Gasteiger charge is -2.09. The minimum atomic E-state index is -0.444. The molecule has 0 aliphatic carbocycles. The first-order chi connectivity index (χ1) is 12.2. The molecular weight excluding hydrogens is 325 g/mol. The maximum atomic E-state index is 13.5. The van der Waals surface area contributed by atoms with E-state index in [1.807, 2.05) is 24.3 Å². The zero-order valence-corrected chi connectivity index (χ0v) is 13.3. The molecule has 4 rings (SSSR count). The normalized spacial score (nSPS) is 11.1. The molecule has 0 aliphatic rings. The molecule has 0 bridgehead atoms. The third kappa shape index (κ3) is 2.67. The number of aromatic amines is 1. The van der Waals surface area contributed by atoms with E-state index in [1.54, 1.807) is 7.11 Å². The quantitative estimate of drug-likeness (QED) is 0.596. The Kier molecular flexibility index (Phi) is 3.57. The molecule has 25 heavy (non-hydrogen) atoms. The maximum Gasteiger partial charge on any atom is 0.348 e. The third-order valence-electron chi connectivity index (χ3n) is 3.91. The minimum absolute atomic E-state index is 0.316. The van der Waals surface area contributed by atoms with E-state index < -0.39 is 11.5 Å². The average molecular weight is 339 g/mol. The van der Waals surface area contributed by atoms with Gasteiger partial charge in [0.1, 0.15) is 11.6 Å². The summed E-state index contributed by atoms with van der Waals surface area (Å²) in [4.78, 5) is 16.5. The van der Waals surface area contributed by atoms with Crippen LogP contribution in [0.2, 0.25) is 0 Å². The second kappa shape index (κ2) is 5.90. The fraction of sp³-hybridized carbons (Fsp3) is 0.118. The van der Waals surface area contributed by atoms with Gasteiger partial charge in [0.15, 0.2) is 5.82 Å². The fourth-order valence-corrected chi connectivity index (χ4v) is 2.67. The number of aromatic nitrogens is 4. The van der Waals surface area contributed by atoms with E-state index in [0.717, 1.165) is 11.3 Å². The number of fused-ring (bicyclic) bond motifs is 3. The first-order valence-corrected chi connectivity index (χ1v) is 7.59. The van der Waals surface area contributed by atoms with Gasteiger partial charge in [-0.05, 0) is 29.8 Å². The number of rotatable bonds is 4. The predicted molar refractivity (Wildman–Crippen MR) is 91.4 cm³/mol. The van der Waals surface area contributed by atoms with E-state index in [4.69, 9.17) is 4.74 Å². The van der Waals surface area contributed by atoms with Crippen LogP contribution in [0.4, 0.5) is 10.2 Å².